The van der Waals surface area contributed by atoms with Gasteiger partial charge in [-0.1, -0.05) is 25.7 Å². The molecule has 186 valence electrons. The molecule has 1 aromatic heterocycles. The predicted octanol–water partition coefficient (Wildman–Crippen LogP) is 5.44. The molecule has 34 heavy (non-hydrogen) atoms. The summed E-state index contributed by atoms with van der Waals surface area (Å²) in [7, 11) is 1.64. The molecular weight excluding hydrogens is 428 g/mol. The molecule has 6 nitrogen and oxygen atoms in total. The molecule has 2 fully saturated rings. The van der Waals surface area contributed by atoms with Crippen LogP contribution in [0.1, 0.15) is 75.9 Å². The summed E-state index contributed by atoms with van der Waals surface area (Å²) in [5.74, 6) is 1.78. The molecule has 2 N–H and O–H groups in total. The number of carboxylic acid groups (broad SMARTS) is 1. The van der Waals surface area contributed by atoms with Crippen molar-refractivity contribution in [3.8, 4) is 5.75 Å². The lowest BCUT2D eigenvalue weighted by Gasteiger charge is -2.39. The highest BCUT2D eigenvalue weighted by Gasteiger charge is 2.30. The van der Waals surface area contributed by atoms with Gasteiger partial charge in [0.1, 0.15) is 5.75 Å². The van der Waals surface area contributed by atoms with Crippen LogP contribution >= 0.6 is 0 Å². The molecule has 0 bridgehead atoms. The molecule has 3 atom stereocenters. The number of methoxy groups -OCH3 is 1. The molecule has 0 radical (unpaired) electrons. The quantitative estimate of drug-likeness (QED) is 0.457. The van der Waals surface area contributed by atoms with Gasteiger partial charge in [-0.2, -0.15) is 0 Å². The van der Waals surface area contributed by atoms with Gasteiger partial charge in [-0.25, -0.2) is 0 Å². The lowest BCUT2D eigenvalue weighted by atomic mass is 9.78. The summed E-state index contributed by atoms with van der Waals surface area (Å²) in [5, 5.41) is 21.3. The molecule has 1 aliphatic carbocycles. The van der Waals surface area contributed by atoms with Crippen molar-refractivity contribution in [2.45, 2.75) is 70.3 Å². The van der Waals surface area contributed by atoms with E-state index in [0.717, 1.165) is 67.0 Å². The summed E-state index contributed by atoms with van der Waals surface area (Å²) in [6.07, 6.45) is 11.6. The number of pyridine rings is 1. The average Bonchev–Trinajstić information content (AvgIpc) is 3.38. The standard InChI is InChI=1S/C28H40N2O4/c1-34-23-8-9-26-25(18-23)24(12-15-29-26)27(31)10-6-21-14-17-30(16-13-20-4-2-3-5-20)19-22(21)7-11-28(32)33/h8-9,12,15,18,20-22,27,31H,2-7,10-11,13-14,16-17,19H2,1H3,(H,32,33)/t21-,22-,27-/m1/s1. The van der Waals surface area contributed by atoms with Gasteiger partial charge in [-0.05, 0) is 92.8 Å². The number of fused-ring (bicyclic) bond motifs is 1. The average molecular weight is 469 g/mol. The molecule has 6 heteroatoms. The van der Waals surface area contributed by atoms with E-state index in [1.54, 1.807) is 13.3 Å². The van der Waals surface area contributed by atoms with Crippen LogP contribution in [0.15, 0.2) is 30.5 Å². The number of hydrogen-bond acceptors (Lipinski definition) is 5. The van der Waals surface area contributed by atoms with Crippen LogP contribution in [0.3, 0.4) is 0 Å². The minimum Gasteiger partial charge on any atom is -0.497 e. The highest BCUT2D eigenvalue weighted by Crippen LogP contribution is 2.36. The maximum atomic E-state index is 11.3. The fourth-order valence-electron chi connectivity index (χ4n) is 6.13. The zero-order valence-electron chi connectivity index (χ0n) is 20.5. The number of rotatable bonds is 11. The van der Waals surface area contributed by atoms with Gasteiger partial charge in [0.15, 0.2) is 0 Å². The number of nitrogens with zero attached hydrogens (tertiary/aromatic N) is 2. The zero-order chi connectivity index (χ0) is 23.9. The first-order valence-electron chi connectivity index (χ1n) is 13.1. The number of piperidine rings is 1. The van der Waals surface area contributed by atoms with Gasteiger partial charge in [0.2, 0.25) is 0 Å². The summed E-state index contributed by atoms with van der Waals surface area (Å²) >= 11 is 0. The molecular formula is C28H40N2O4. The van der Waals surface area contributed by atoms with Gasteiger partial charge < -0.3 is 19.8 Å². The van der Waals surface area contributed by atoms with E-state index >= 15 is 0 Å². The van der Waals surface area contributed by atoms with E-state index in [4.69, 9.17) is 4.74 Å². The van der Waals surface area contributed by atoms with E-state index in [0.29, 0.717) is 18.3 Å². The molecule has 4 rings (SSSR count). The van der Waals surface area contributed by atoms with Crippen molar-refractivity contribution in [2.75, 3.05) is 26.7 Å². The third-order valence-corrected chi connectivity index (χ3v) is 8.19. The maximum Gasteiger partial charge on any atom is 0.303 e. The third-order valence-electron chi connectivity index (χ3n) is 8.19. The molecule has 1 saturated heterocycles. The molecule has 2 heterocycles. The second-order valence-corrected chi connectivity index (χ2v) is 10.4. The molecule has 0 unspecified atom stereocenters. The Labute approximate surface area is 203 Å². The van der Waals surface area contributed by atoms with Crippen LogP contribution < -0.4 is 4.74 Å². The summed E-state index contributed by atoms with van der Waals surface area (Å²) in [6, 6.07) is 7.66. The molecule has 2 aliphatic rings. The SMILES string of the molecule is COc1ccc2nccc([C@H](O)CC[C@@H]3CCN(CCC4CCCC4)C[C@H]3CCC(=O)O)c2c1. The smallest absolute Gasteiger partial charge is 0.303 e. The lowest BCUT2D eigenvalue weighted by molar-refractivity contribution is -0.137. The highest BCUT2D eigenvalue weighted by atomic mass is 16.5. The number of aliphatic hydroxyl groups excluding tert-OH is 1. The Kier molecular flexibility index (Phi) is 8.79. The largest absolute Gasteiger partial charge is 0.497 e. The first-order valence-corrected chi connectivity index (χ1v) is 13.1. The van der Waals surface area contributed by atoms with Gasteiger partial charge in [0.25, 0.3) is 0 Å². The number of likely N-dealkylation sites (tertiary alicyclic amines) is 1. The van der Waals surface area contributed by atoms with Crippen molar-refractivity contribution in [2.24, 2.45) is 17.8 Å². The summed E-state index contributed by atoms with van der Waals surface area (Å²) in [6.45, 7) is 3.23. The second kappa shape index (κ2) is 12.0. The number of aliphatic carboxylic acids is 1. The van der Waals surface area contributed by atoms with Gasteiger partial charge in [-0.15, -0.1) is 0 Å². The maximum absolute atomic E-state index is 11.3. The molecule has 1 aromatic carbocycles. The minimum absolute atomic E-state index is 0.231. The normalized spacial score (nSPS) is 22.8. The predicted molar refractivity (Wildman–Crippen MR) is 134 cm³/mol. The summed E-state index contributed by atoms with van der Waals surface area (Å²) in [4.78, 5) is 18.3. The zero-order valence-corrected chi connectivity index (χ0v) is 20.5. The van der Waals surface area contributed by atoms with Crippen LogP contribution in [-0.4, -0.2) is 52.8 Å². The number of hydrogen-bond donors (Lipinski definition) is 2. The Bertz CT molecular complexity index is 943. The first-order chi connectivity index (χ1) is 16.5. The van der Waals surface area contributed by atoms with Crippen molar-refractivity contribution in [3.05, 3.63) is 36.0 Å². The van der Waals surface area contributed by atoms with Gasteiger partial charge in [-0.3, -0.25) is 9.78 Å². The van der Waals surface area contributed by atoms with Crippen LogP contribution in [0, 0.1) is 17.8 Å². The number of ether oxygens (including phenoxy) is 1. The lowest BCUT2D eigenvalue weighted by Crippen LogP contribution is -2.41. The van der Waals surface area contributed by atoms with Gasteiger partial charge in [0.05, 0.1) is 18.7 Å². The highest BCUT2D eigenvalue weighted by molar-refractivity contribution is 5.83. The van der Waals surface area contributed by atoms with Crippen LogP contribution in [0.5, 0.6) is 5.75 Å². The number of benzene rings is 1. The third kappa shape index (κ3) is 6.48. The van der Waals surface area contributed by atoms with E-state index in [-0.39, 0.29) is 6.42 Å². The summed E-state index contributed by atoms with van der Waals surface area (Å²) < 4.78 is 5.37. The molecule has 1 aliphatic heterocycles. The van der Waals surface area contributed by atoms with Crippen molar-refractivity contribution < 1.29 is 19.7 Å². The Hall–Kier alpha value is -2.18. The number of carboxylic acids is 1. The number of carbonyl (C=O) groups is 1. The molecule has 2 aromatic rings. The first kappa shape index (κ1) is 24.9. The minimum atomic E-state index is -0.709. The Morgan fingerprint density at radius 2 is 1.97 bits per heavy atom. The van der Waals surface area contributed by atoms with Crippen LogP contribution in [0.2, 0.25) is 0 Å². The Balaban J connectivity index is 1.37. The fourth-order valence-corrected chi connectivity index (χ4v) is 6.13. The second-order valence-electron chi connectivity index (χ2n) is 10.4. The van der Waals surface area contributed by atoms with E-state index in [1.165, 1.54) is 32.1 Å². The van der Waals surface area contributed by atoms with E-state index in [2.05, 4.69) is 9.88 Å². The van der Waals surface area contributed by atoms with Crippen LogP contribution in [-0.2, 0) is 4.79 Å². The van der Waals surface area contributed by atoms with Crippen molar-refractivity contribution in [1.82, 2.24) is 9.88 Å². The Morgan fingerprint density at radius 3 is 2.74 bits per heavy atom. The van der Waals surface area contributed by atoms with Crippen LogP contribution in [0.25, 0.3) is 10.9 Å². The number of aliphatic hydroxyl groups is 1. The molecule has 0 amide bonds. The molecule has 1 saturated carbocycles. The monoisotopic (exact) mass is 468 g/mol. The Morgan fingerprint density at radius 1 is 1.15 bits per heavy atom. The van der Waals surface area contributed by atoms with Gasteiger partial charge >= 0.3 is 5.97 Å². The van der Waals surface area contributed by atoms with Crippen molar-refractivity contribution >= 4 is 16.9 Å². The van der Waals surface area contributed by atoms with E-state index in [9.17, 15) is 15.0 Å². The van der Waals surface area contributed by atoms with Gasteiger partial charge in [0, 0.05) is 24.5 Å². The van der Waals surface area contributed by atoms with Crippen molar-refractivity contribution in [3.63, 3.8) is 0 Å². The molecule has 0 spiro atoms. The van der Waals surface area contributed by atoms with E-state index < -0.39 is 12.1 Å². The van der Waals surface area contributed by atoms with Crippen molar-refractivity contribution in [1.29, 1.82) is 0 Å². The topological polar surface area (TPSA) is 82.9 Å². The van der Waals surface area contributed by atoms with E-state index in [1.807, 2.05) is 24.3 Å². The fraction of sp³-hybridized carbons (Fsp3) is 0.643. The number of aromatic nitrogens is 1. The van der Waals surface area contributed by atoms with Crippen LogP contribution in [0.4, 0.5) is 0 Å². The summed E-state index contributed by atoms with van der Waals surface area (Å²) in [5.41, 5.74) is 1.74.